The van der Waals surface area contributed by atoms with Gasteiger partial charge in [0.15, 0.2) is 11.6 Å². The molecule has 4 heterocycles. The highest BCUT2D eigenvalue weighted by atomic mass is 16.5. The molecule has 4 aromatic rings. The Bertz CT molecular complexity index is 1570. The van der Waals surface area contributed by atoms with E-state index in [4.69, 9.17) is 20.6 Å². The van der Waals surface area contributed by atoms with Crippen molar-refractivity contribution in [2.24, 2.45) is 16.1 Å². The van der Waals surface area contributed by atoms with Crippen LogP contribution in [0.2, 0.25) is 0 Å². The number of para-hydroxylation sites is 1. The van der Waals surface area contributed by atoms with Crippen LogP contribution >= 0.6 is 0 Å². The number of fused-ring (bicyclic) bond motifs is 2. The molecule has 0 saturated carbocycles. The van der Waals surface area contributed by atoms with Gasteiger partial charge in [0.25, 0.3) is 0 Å². The van der Waals surface area contributed by atoms with Crippen LogP contribution in [-0.4, -0.2) is 53.7 Å². The molecule has 7 rings (SSSR count). The summed E-state index contributed by atoms with van der Waals surface area (Å²) in [6.07, 6.45) is 4.26. The Labute approximate surface area is 241 Å². The second-order valence-corrected chi connectivity index (χ2v) is 11.7. The first-order chi connectivity index (χ1) is 20.1. The number of amidine groups is 1. The normalized spacial score (nSPS) is 17.8. The zero-order valence-electron chi connectivity index (χ0n) is 23.6. The van der Waals surface area contributed by atoms with Crippen molar-refractivity contribution < 1.29 is 4.74 Å². The average Bonchev–Trinajstić information content (AvgIpc) is 3.45. The Hall–Kier alpha value is -4.30. The van der Waals surface area contributed by atoms with Gasteiger partial charge in [-0.15, -0.1) is 0 Å². The first-order valence-electron chi connectivity index (χ1n) is 14.7. The molecule has 0 spiro atoms. The maximum absolute atomic E-state index is 6.14. The summed E-state index contributed by atoms with van der Waals surface area (Å²) in [7, 11) is 0. The van der Waals surface area contributed by atoms with E-state index in [2.05, 4.69) is 63.5 Å². The minimum absolute atomic E-state index is 0.238. The zero-order chi connectivity index (χ0) is 27.8. The van der Waals surface area contributed by atoms with E-state index in [9.17, 15) is 0 Å². The number of nitrogens with one attached hydrogen (secondary N) is 2. The molecule has 8 nitrogen and oxygen atoms in total. The van der Waals surface area contributed by atoms with Crippen LogP contribution in [-0.2, 0) is 6.42 Å². The third-order valence-electron chi connectivity index (χ3n) is 8.85. The number of nitrogens with two attached hydrogens (primary N) is 1. The summed E-state index contributed by atoms with van der Waals surface area (Å²) in [6, 6.07) is 24.9. The number of aliphatic imine (C=N–C) groups is 1. The quantitative estimate of drug-likeness (QED) is 0.265. The number of anilines is 3. The fourth-order valence-electron chi connectivity index (χ4n) is 6.26. The lowest BCUT2D eigenvalue weighted by molar-refractivity contribution is 0.175. The lowest BCUT2D eigenvalue weighted by Gasteiger charge is -2.40. The summed E-state index contributed by atoms with van der Waals surface area (Å²) >= 11 is 0. The number of hydrogen-bond acceptors (Lipinski definition) is 7. The molecule has 0 atom stereocenters. The van der Waals surface area contributed by atoms with E-state index in [-0.39, 0.29) is 5.41 Å². The lowest BCUT2D eigenvalue weighted by Crippen LogP contribution is -2.47. The molecule has 41 heavy (non-hydrogen) atoms. The molecule has 0 radical (unpaired) electrons. The zero-order valence-corrected chi connectivity index (χ0v) is 23.6. The molecule has 3 aromatic carbocycles. The van der Waals surface area contributed by atoms with Crippen LogP contribution in [0.3, 0.4) is 0 Å². The number of aromatic amines is 1. The standard InChI is InChI=1S/C33H37N7O/c1-33(22-34)15-18-39(19-16-33)29-21-35-30-31(36-29)37-38-32(30)40-17-7-13-27-26(12-6-14-28(27)40)23-8-5-11-25(20-23)41-24-9-3-2-4-10-24/h2-6,8-12,14,20,35H,7,13,15-19,21-22,34H2,1H3,(H,37,38). The monoisotopic (exact) mass is 547 g/mol. The second-order valence-electron chi connectivity index (χ2n) is 11.7. The van der Waals surface area contributed by atoms with Crippen LogP contribution in [0.5, 0.6) is 11.5 Å². The Morgan fingerprint density at radius 1 is 0.951 bits per heavy atom. The molecule has 0 amide bonds. The number of rotatable bonds is 5. The van der Waals surface area contributed by atoms with Crippen molar-refractivity contribution in [3.05, 3.63) is 78.4 Å². The maximum Gasteiger partial charge on any atom is 0.180 e. The van der Waals surface area contributed by atoms with E-state index < -0.39 is 0 Å². The van der Waals surface area contributed by atoms with Gasteiger partial charge < -0.3 is 25.6 Å². The fourth-order valence-corrected chi connectivity index (χ4v) is 6.26. The maximum atomic E-state index is 6.14. The number of aromatic nitrogens is 2. The van der Waals surface area contributed by atoms with Gasteiger partial charge in [-0.2, -0.15) is 5.10 Å². The van der Waals surface area contributed by atoms with Crippen molar-refractivity contribution in [3.8, 4) is 22.6 Å². The van der Waals surface area contributed by atoms with Crippen LogP contribution in [0.4, 0.5) is 23.0 Å². The summed E-state index contributed by atoms with van der Waals surface area (Å²) in [4.78, 5) is 9.74. The highest BCUT2D eigenvalue weighted by molar-refractivity contribution is 5.96. The van der Waals surface area contributed by atoms with Crippen molar-refractivity contribution in [3.63, 3.8) is 0 Å². The molecule has 1 fully saturated rings. The number of likely N-dealkylation sites (tertiary alicyclic amines) is 1. The molecule has 8 heteroatoms. The largest absolute Gasteiger partial charge is 0.457 e. The molecule has 3 aliphatic heterocycles. The summed E-state index contributed by atoms with van der Waals surface area (Å²) in [6.45, 7) is 6.63. The molecule has 4 N–H and O–H groups in total. The molecule has 210 valence electrons. The molecule has 3 aliphatic rings. The van der Waals surface area contributed by atoms with Gasteiger partial charge >= 0.3 is 0 Å². The number of hydrogen-bond donors (Lipinski definition) is 3. The first-order valence-corrected chi connectivity index (χ1v) is 14.7. The van der Waals surface area contributed by atoms with Gasteiger partial charge in [0.1, 0.15) is 23.0 Å². The van der Waals surface area contributed by atoms with E-state index in [0.717, 1.165) is 92.1 Å². The van der Waals surface area contributed by atoms with Crippen LogP contribution in [0.15, 0.2) is 77.8 Å². The van der Waals surface area contributed by atoms with Crippen LogP contribution in [0, 0.1) is 5.41 Å². The van der Waals surface area contributed by atoms with E-state index in [1.807, 2.05) is 36.4 Å². The van der Waals surface area contributed by atoms with Crippen LogP contribution < -0.4 is 20.7 Å². The van der Waals surface area contributed by atoms with Crippen molar-refractivity contribution in [2.75, 3.05) is 42.9 Å². The minimum atomic E-state index is 0.238. The molecule has 1 aromatic heterocycles. The smallest absolute Gasteiger partial charge is 0.180 e. The van der Waals surface area contributed by atoms with Gasteiger partial charge in [0.2, 0.25) is 0 Å². The van der Waals surface area contributed by atoms with Gasteiger partial charge in [0, 0.05) is 25.3 Å². The van der Waals surface area contributed by atoms with Gasteiger partial charge in [0.05, 0.1) is 6.54 Å². The molecular weight excluding hydrogens is 510 g/mol. The Balaban J connectivity index is 1.16. The third kappa shape index (κ3) is 4.93. The first kappa shape index (κ1) is 25.7. The Morgan fingerprint density at radius 2 is 1.76 bits per heavy atom. The van der Waals surface area contributed by atoms with E-state index >= 15 is 0 Å². The van der Waals surface area contributed by atoms with Crippen LogP contribution in [0.25, 0.3) is 11.1 Å². The molecule has 0 unspecified atom stereocenters. The predicted molar refractivity (Wildman–Crippen MR) is 166 cm³/mol. The van der Waals surface area contributed by atoms with Crippen molar-refractivity contribution in [2.45, 2.75) is 32.6 Å². The SMILES string of the molecule is CC1(CN)CCN(C2=Nc3[nH]nc(N4CCCc5c(-c6cccc(Oc7ccccc7)c6)cccc54)c3NC2)CC1. The summed E-state index contributed by atoms with van der Waals surface area (Å²) in [5, 5.41) is 11.6. The molecular formula is C33H37N7O. The number of piperidine rings is 1. The molecule has 1 saturated heterocycles. The van der Waals surface area contributed by atoms with Crippen molar-refractivity contribution in [1.29, 1.82) is 0 Å². The summed E-state index contributed by atoms with van der Waals surface area (Å²) < 4.78 is 6.14. The highest BCUT2D eigenvalue weighted by Gasteiger charge is 2.32. The molecule has 0 bridgehead atoms. The average molecular weight is 548 g/mol. The molecule has 0 aliphatic carbocycles. The van der Waals surface area contributed by atoms with Gasteiger partial charge in [-0.1, -0.05) is 49.4 Å². The van der Waals surface area contributed by atoms with Gasteiger partial charge in [-0.05, 0) is 84.7 Å². The number of nitrogens with zero attached hydrogens (tertiary/aromatic N) is 4. The Morgan fingerprint density at radius 3 is 2.59 bits per heavy atom. The highest BCUT2D eigenvalue weighted by Crippen LogP contribution is 2.44. The topological polar surface area (TPSA) is 94.8 Å². The van der Waals surface area contributed by atoms with Crippen LogP contribution in [0.1, 0.15) is 31.7 Å². The summed E-state index contributed by atoms with van der Waals surface area (Å²) in [5.41, 5.74) is 12.2. The summed E-state index contributed by atoms with van der Waals surface area (Å²) in [5.74, 6) is 4.46. The number of ether oxygens (including phenoxy) is 1. The minimum Gasteiger partial charge on any atom is -0.457 e. The fraction of sp³-hybridized carbons (Fsp3) is 0.333. The van der Waals surface area contributed by atoms with Crippen molar-refractivity contribution in [1.82, 2.24) is 15.1 Å². The third-order valence-corrected chi connectivity index (χ3v) is 8.85. The number of H-pyrrole nitrogens is 1. The second kappa shape index (κ2) is 10.6. The van der Waals surface area contributed by atoms with Gasteiger partial charge in [-0.25, -0.2) is 4.99 Å². The van der Waals surface area contributed by atoms with E-state index in [0.29, 0.717) is 6.54 Å². The number of benzene rings is 3. The predicted octanol–water partition coefficient (Wildman–Crippen LogP) is 6.47. The van der Waals surface area contributed by atoms with E-state index in [1.54, 1.807) is 0 Å². The van der Waals surface area contributed by atoms with E-state index in [1.165, 1.54) is 16.8 Å². The van der Waals surface area contributed by atoms with Crippen molar-refractivity contribution >= 4 is 28.8 Å². The van der Waals surface area contributed by atoms with Gasteiger partial charge in [-0.3, -0.25) is 5.10 Å². The lowest BCUT2D eigenvalue weighted by atomic mass is 9.80. The Kier molecular flexibility index (Phi) is 6.63.